The summed E-state index contributed by atoms with van der Waals surface area (Å²) in [5.41, 5.74) is 1.20. The Balaban J connectivity index is 0.00000364. The fourth-order valence-corrected chi connectivity index (χ4v) is 3.06. The number of guanidine groups is 1. The van der Waals surface area contributed by atoms with E-state index in [-0.39, 0.29) is 30.1 Å². The molecule has 2 atom stereocenters. The van der Waals surface area contributed by atoms with Gasteiger partial charge in [-0.1, -0.05) is 12.1 Å². The highest BCUT2D eigenvalue weighted by molar-refractivity contribution is 14.0. The highest BCUT2D eigenvalue weighted by atomic mass is 127. The second-order valence-corrected chi connectivity index (χ2v) is 7.24. The molecule has 1 saturated heterocycles. The van der Waals surface area contributed by atoms with Crippen LogP contribution in [-0.4, -0.2) is 81.3 Å². The minimum absolute atomic E-state index is 0. The predicted octanol–water partition coefficient (Wildman–Crippen LogP) is 2.18. The van der Waals surface area contributed by atoms with Crippen LogP contribution in [0.4, 0.5) is 0 Å². The first-order chi connectivity index (χ1) is 12.5. The van der Waals surface area contributed by atoms with Crippen molar-refractivity contribution in [2.24, 2.45) is 4.99 Å². The van der Waals surface area contributed by atoms with Crippen LogP contribution in [0.15, 0.2) is 29.3 Å². The van der Waals surface area contributed by atoms with Crippen molar-refractivity contribution in [3.05, 3.63) is 29.8 Å². The summed E-state index contributed by atoms with van der Waals surface area (Å²) in [6.45, 7) is 11.9. The van der Waals surface area contributed by atoms with Crippen LogP contribution >= 0.6 is 24.0 Å². The Kier molecular flexibility index (Phi) is 11.0. The number of benzene rings is 1. The molecule has 1 aromatic carbocycles. The highest BCUT2D eigenvalue weighted by Gasteiger charge is 2.22. The molecule has 2 unspecified atom stereocenters. The second-order valence-electron chi connectivity index (χ2n) is 7.24. The molecule has 1 heterocycles. The van der Waals surface area contributed by atoms with Crippen LogP contribution in [0.3, 0.4) is 0 Å². The zero-order valence-corrected chi connectivity index (χ0v) is 19.7. The molecule has 1 aliphatic rings. The lowest BCUT2D eigenvalue weighted by Gasteiger charge is -2.37. The Hall–Kier alpha value is -1.06. The van der Waals surface area contributed by atoms with E-state index in [9.17, 15) is 0 Å². The number of piperazine rings is 1. The van der Waals surface area contributed by atoms with Gasteiger partial charge < -0.3 is 20.3 Å². The largest absolute Gasteiger partial charge is 0.489 e. The highest BCUT2D eigenvalue weighted by Crippen LogP contribution is 2.14. The molecule has 0 aliphatic carbocycles. The van der Waals surface area contributed by atoms with Crippen LogP contribution in [0, 0.1) is 6.92 Å². The Morgan fingerprint density at radius 3 is 2.78 bits per heavy atom. The summed E-state index contributed by atoms with van der Waals surface area (Å²) in [5.74, 6) is 1.76. The van der Waals surface area contributed by atoms with Crippen LogP contribution in [0.5, 0.6) is 5.75 Å². The van der Waals surface area contributed by atoms with Crippen molar-refractivity contribution in [2.75, 3.05) is 53.4 Å². The van der Waals surface area contributed by atoms with E-state index < -0.39 is 0 Å². The number of halogens is 1. The standard InChI is InChI=1S/C20H35N5O.HI/c1-6-21-20(23-14-18-15-24(4)10-11-25(18)5)22-13-17(3)26-19-9-7-8-16(2)12-19;/h7-9,12,17-18H,6,10-11,13-15H2,1-5H3,(H2,21,22,23);1H. The summed E-state index contributed by atoms with van der Waals surface area (Å²) < 4.78 is 5.97. The molecule has 0 aromatic heterocycles. The van der Waals surface area contributed by atoms with Crippen LogP contribution < -0.4 is 15.4 Å². The number of aryl methyl sites for hydroxylation is 1. The van der Waals surface area contributed by atoms with Gasteiger partial charge in [0.2, 0.25) is 0 Å². The molecule has 2 rings (SSSR count). The van der Waals surface area contributed by atoms with Gasteiger partial charge in [0.05, 0.1) is 6.54 Å². The number of aliphatic imine (C=N–C) groups is 1. The van der Waals surface area contributed by atoms with Gasteiger partial charge in [-0.15, -0.1) is 24.0 Å². The van der Waals surface area contributed by atoms with Crippen LogP contribution in [0.25, 0.3) is 0 Å². The molecule has 154 valence electrons. The molecule has 27 heavy (non-hydrogen) atoms. The van der Waals surface area contributed by atoms with Crippen LogP contribution in [0.1, 0.15) is 19.4 Å². The van der Waals surface area contributed by atoms with Gasteiger partial charge in [0.1, 0.15) is 11.9 Å². The predicted molar refractivity (Wildman–Crippen MR) is 125 cm³/mol. The van der Waals surface area contributed by atoms with E-state index in [1.807, 2.05) is 12.1 Å². The summed E-state index contributed by atoms with van der Waals surface area (Å²) in [6, 6.07) is 8.64. The SMILES string of the molecule is CCNC(=NCC(C)Oc1cccc(C)c1)NCC1CN(C)CCN1C.I. The zero-order valence-electron chi connectivity index (χ0n) is 17.4. The third kappa shape index (κ3) is 8.66. The minimum Gasteiger partial charge on any atom is -0.489 e. The van der Waals surface area contributed by atoms with Gasteiger partial charge in [0.25, 0.3) is 0 Å². The summed E-state index contributed by atoms with van der Waals surface area (Å²) in [4.78, 5) is 9.50. The van der Waals surface area contributed by atoms with E-state index in [1.165, 1.54) is 5.56 Å². The third-order valence-electron chi connectivity index (χ3n) is 4.66. The van der Waals surface area contributed by atoms with Crippen molar-refractivity contribution in [1.82, 2.24) is 20.4 Å². The maximum Gasteiger partial charge on any atom is 0.191 e. The monoisotopic (exact) mass is 489 g/mol. The molecule has 1 fully saturated rings. The van der Waals surface area contributed by atoms with E-state index in [1.54, 1.807) is 0 Å². The van der Waals surface area contributed by atoms with Gasteiger partial charge in [-0.3, -0.25) is 4.90 Å². The summed E-state index contributed by atoms with van der Waals surface area (Å²) >= 11 is 0. The van der Waals surface area contributed by atoms with Crippen molar-refractivity contribution in [1.29, 1.82) is 0 Å². The minimum atomic E-state index is 0. The van der Waals surface area contributed by atoms with Gasteiger partial charge >= 0.3 is 0 Å². The van der Waals surface area contributed by atoms with Crippen molar-refractivity contribution in [3.63, 3.8) is 0 Å². The van der Waals surface area contributed by atoms with E-state index in [0.29, 0.717) is 12.6 Å². The lowest BCUT2D eigenvalue weighted by Crippen LogP contribution is -2.55. The molecule has 0 saturated carbocycles. The fourth-order valence-electron chi connectivity index (χ4n) is 3.06. The van der Waals surface area contributed by atoms with E-state index in [2.05, 4.69) is 67.4 Å². The number of nitrogens with zero attached hydrogens (tertiary/aromatic N) is 3. The van der Waals surface area contributed by atoms with Gasteiger partial charge in [0, 0.05) is 38.8 Å². The Bertz CT molecular complexity index is 583. The number of ether oxygens (including phenoxy) is 1. The number of hydrogen-bond acceptors (Lipinski definition) is 4. The number of rotatable bonds is 7. The Morgan fingerprint density at radius 2 is 2.07 bits per heavy atom. The molecular weight excluding hydrogens is 453 g/mol. The van der Waals surface area contributed by atoms with E-state index in [0.717, 1.165) is 44.4 Å². The summed E-state index contributed by atoms with van der Waals surface area (Å²) in [7, 11) is 4.38. The average molecular weight is 489 g/mol. The van der Waals surface area contributed by atoms with Gasteiger partial charge in [0.15, 0.2) is 5.96 Å². The van der Waals surface area contributed by atoms with Crippen molar-refractivity contribution < 1.29 is 4.74 Å². The first-order valence-corrected chi connectivity index (χ1v) is 9.62. The molecule has 1 aliphatic heterocycles. The summed E-state index contributed by atoms with van der Waals surface area (Å²) in [5, 5.41) is 6.81. The lowest BCUT2D eigenvalue weighted by atomic mass is 10.2. The second kappa shape index (κ2) is 12.4. The van der Waals surface area contributed by atoms with E-state index >= 15 is 0 Å². The fraction of sp³-hybridized carbons (Fsp3) is 0.650. The summed E-state index contributed by atoms with van der Waals surface area (Å²) in [6.07, 6.45) is 0.0238. The number of hydrogen-bond donors (Lipinski definition) is 2. The van der Waals surface area contributed by atoms with E-state index in [4.69, 9.17) is 9.73 Å². The maximum atomic E-state index is 5.97. The van der Waals surface area contributed by atoms with Gasteiger partial charge in [-0.25, -0.2) is 4.99 Å². The smallest absolute Gasteiger partial charge is 0.191 e. The molecule has 0 spiro atoms. The molecule has 0 amide bonds. The first kappa shape index (κ1) is 24.0. The first-order valence-electron chi connectivity index (χ1n) is 9.62. The number of likely N-dealkylation sites (N-methyl/N-ethyl adjacent to an activating group) is 2. The molecule has 0 bridgehead atoms. The molecule has 1 aromatic rings. The molecular formula is C20H36IN5O. The maximum absolute atomic E-state index is 5.97. The van der Waals surface area contributed by atoms with Gasteiger partial charge in [-0.2, -0.15) is 0 Å². The molecule has 6 nitrogen and oxygen atoms in total. The zero-order chi connectivity index (χ0) is 18.9. The topological polar surface area (TPSA) is 52.1 Å². The van der Waals surface area contributed by atoms with Gasteiger partial charge in [-0.05, 0) is 52.6 Å². The number of nitrogens with one attached hydrogen (secondary N) is 2. The van der Waals surface area contributed by atoms with Crippen molar-refractivity contribution in [2.45, 2.75) is 32.9 Å². The lowest BCUT2D eigenvalue weighted by molar-refractivity contribution is 0.116. The molecule has 2 N–H and O–H groups in total. The Labute approximate surface area is 181 Å². The average Bonchev–Trinajstić information content (AvgIpc) is 2.60. The molecule has 7 heteroatoms. The van der Waals surface area contributed by atoms with Crippen LogP contribution in [0.2, 0.25) is 0 Å². The van der Waals surface area contributed by atoms with Crippen LogP contribution in [-0.2, 0) is 0 Å². The Morgan fingerprint density at radius 1 is 1.30 bits per heavy atom. The normalized spacial score (nSPS) is 19.9. The van der Waals surface area contributed by atoms with Crippen molar-refractivity contribution in [3.8, 4) is 5.75 Å². The quantitative estimate of drug-likeness (QED) is 0.350. The molecule has 0 radical (unpaired) electrons. The van der Waals surface area contributed by atoms with Crippen molar-refractivity contribution >= 4 is 29.9 Å². The third-order valence-corrected chi connectivity index (χ3v) is 4.66.